The van der Waals surface area contributed by atoms with Crippen LogP contribution in [0, 0.1) is 0 Å². The predicted molar refractivity (Wildman–Crippen MR) is 217 cm³/mol. The monoisotopic (exact) mass is 815 g/mol. The van der Waals surface area contributed by atoms with Crippen molar-refractivity contribution in [2.75, 3.05) is 39.3 Å². The number of methoxy groups -OCH3 is 2. The lowest BCUT2D eigenvalue weighted by Gasteiger charge is -2.45. The van der Waals surface area contributed by atoms with Gasteiger partial charge in [0.1, 0.15) is 39.1 Å². The van der Waals surface area contributed by atoms with Crippen LogP contribution in [0.4, 0.5) is 10.6 Å². The summed E-state index contributed by atoms with van der Waals surface area (Å²) in [5.74, 6) is 2.67. The lowest BCUT2D eigenvalue weighted by Crippen LogP contribution is -2.68. The Morgan fingerprint density at radius 2 is 1.63 bits per heavy atom. The molecule has 0 spiro atoms. The molecule has 286 valence electrons. The molecule has 1 fully saturated rings. The molecular formula is C41H50BrN5O6Si. The number of amides is 1. The van der Waals surface area contributed by atoms with Crippen molar-refractivity contribution in [3.63, 3.8) is 0 Å². The molecule has 3 heterocycles. The highest BCUT2D eigenvalue weighted by Crippen LogP contribution is 2.38. The van der Waals surface area contributed by atoms with Crippen molar-refractivity contribution in [1.82, 2.24) is 19.3 Å². The molecule has 2 atom stereocenters. The molecule has 13 heteroatoms. The molecule has 1 saturated heterocycles. The maximum atomic E-state index is 14.0. The number of ether oxygens (including phenoxy) is 4. The van der Waals surface area contributed by atoms with Crippen LogP contribution in [0.3, 0.4) is 0 Å². The summed E-state index contributed by atoms with van der Waals surface area (Å²) in [5, 5.41) is 5.54. The minimum atomic E-state index is -2.89. The second kappa shape index (κ2) is 16.1. The SMILES string of the molecule is COc1ccc(CNc2nccn3c([C@H]4CN(C(=O)OC(C)(C)C)[C@H](CO[Si](c5ccccc5)(c5ccccc5)C(C)(C)C)CO4)nc(Br)c23)c(OC)c1. The summed E-state index contributed by atoms with van der Waals surface area (Å²) >= 11 is 3.68. The topological polar surface area (TPSA) is 109 Å². The largest absolute Gasteiger partial charge is 0.497 e. The first-order valence-electron chi connectivity index (χ1n) is 18.1. The van der Waals surface area contributed by atoms with E-state index in [1.54, 1.807) is 25.3 Å². The van der Waals surface area contributed by atoms with Gasteiger partial charge in [0.2, 0.25) is 0 Å². The second-order valence-corrected chi connectivity index (χ2v) is 20.4. The molecule has 54 heavy (non-hydrogen) atoms. The van der Waals surface area contributed by atoms with Crippen molar-refractivity contribution in [3.8, 4) is 11.5 Å². The van der Waals surface area contributed by atoms with Crippen LogP contribution < -0.4 is 25.2 Å². The zero-order chi connectivity index (χ0) is 38.7. The van der Waals surface area contributed by atoms with Crippen molar-refractivity contribution in [1.29, 1.82) is 0 Å². The second-order valence-electron chi connectivity index (χ2n) is 15.4. The maximum absolute atomic E-state index is 14.0. The molecule has 1 aliphatic rings. The minimum Gasteiger partial charge on any atom is -0.497 e. The first-order chi connectivity index (χ1) is 25.8. The van der Waals surface area contributed by atoms with E-state index in [2.05, 4.69) is 95.5 Å². The standard InChI is InChI=1S/C41H50BrN5O6Si/c1-40(2,3)53-39(48)47-25-34(38-45-36(42)35-37(43-21-22-46(35)38)44-24-28-19-20-30(49-7)23-33(28)50-8)51-26-29(47)27-52-54(41(4,5)6,31-15-11-9-12-16-31)32-17-13-10-14-18-32/h9-23,29,34H,24-27H2,1-8H3,(H,43,44)/t29-,34+/m0/s1. The Morgan fingerprint density at radius 3 is 2.22 bits per heavy atom. The predicted octanol–water partition coefficient (Wildman–Crippen LogP) is 7.37. The number of morpholine rings is 1. The van der Waals surface area contributed by atoms with Crippen LogP contribution in [0.1, 0.15) is 59.0 Å². The van der Waals surface area contributed by atoms with Crippen molar-refractivity contribution in [3.05, 3.63) is 107 Å². The van der Waals surface area contributed by atoms with Gasteiger partial charge >= 0.3 is 6.09 Å². The van der Waals surface area contributed by atoms with E-state index in [9.17, 15) is 4.79 Å². The zero-order valence-electron chi connectivity index (χ0n) is 32.3. The summed E-state index contributed by atoms with van der Waals surface area (Å²) in [5.41, 5.74) is 0.980. The lowest BCUT2D eigenvalue weighted by atomic mass is 10.1. The highest BCUT2D eigenvalue weighted by Gasteiger charge is 2.51. The van der Waals surface area contributed by atoms with Gasteiger partial charge in [-0.25, -0.2) is 14.8 Å². The van der Waals surface area contributed by atoms with Crippen LogP contribution in [-0.4, -0.2) is 79.3 Å². The summed E-state index contributed by atoms with van der Waals surface area (Å²) in [7, 11) is 0.364. The first kappa shape index (κ1) is 39.3. The number of nitrogens with one attached hydrogen (secondary N) is 1. The first-order valence-corrected chi connectivity index (χ1v) is 20.8. The number of fused-ring (bicyclic) bond motifs is 1. The van der Waals surface area contributed by atoms with Crippen molar-refractivity contribution in [2.24, 2.45) is 0 Å². The molecule has 5 aromatic rings. The number of carbonyl (C=O) groups excluding carboxylic acids is 1. The number of benzene rings is 3. The smallest absolute Gasteiger partial charge is 0.410 e. The molecule has 2 aromatic heterocycles. The molecule has 1 N–H and O–H groups in total. The fraction of sp³-hybridized carbons (Fsp3) is 0.390. The third kappa shape index (κ3) is 8.14. The average molecular weight is 817 g/mol. The van der Waals surface area contributed by atoms with E-state index in [-0.39, 0.29) is 24.8 Å². The number of carbonyl (C=O) groups is 1. The van der Waals surface area contributed by atoms with Crippen molar-refractivity contribution in [2.45, 2.75) is 70.9 Å². The Kier molecular flexibility index (Phi) is 11.7. The van der Waals surface area contributed by atoms with Crippen LogP contribution in [0.15, 0.2) is 95.9 Å². The number of aromatic nitrogens is 3. The van der Waals surface area contributed by atoms with Crippen LogP contribution in [0.25, 0.3) is 5.52 Å². The molecule has 11 nitrogen and oxygen atoms in total. The number of hydrogen-bond donors (Lipinski definition) is 1. The van der Waals surface area contributed by atoms with Gasteiger partial charge in [-0.15, -0.1) is 0 Å². The highest BCUT2D eigenvalue weighted by atomic mass is 79.9. The summed E-state index contributed by atoms with van der Waals surface area (Å²) < 4.78 is 33.4. The molecule has 1 aliphatic heterocycles. The van der Waals surface area contributed by atoms with Gasteiger partial charge in [-0.3, -0.25) is 9.30 Å². The van der Waals surface area contributed by atoms with E-state index in [4.69, 9.17) is 28.4 Å². The number of anilines is 1. The van der Waals surface area contributed by atoms with Gasteiger partial charge in [0.15, 0.2) is 5.82 Å². The van der Waals surface area contributed by atoms with E-state index in [1.807, 2.05) is 61.7 Å². The highest BCUT2D eigenvalue weighted by molar-refractivity contribution is 9.10. The number of imidazole rings is 1. The van der Waals surface area contributed by atoms with E-state index >= 15 is 0 Å². The number of hydrogen-bond acceptors (Lipinski definition) is 9. The third-order valence-electron chi connectivity index (χ3n) is 9.60. The van der Waals surface area contributed by atoms with Gasteiger partial charge in [0, 0.05) is 30.6 Å². The van der Waals surface area contributed by atoms with Gasteiger partial charge in [-0.2, -0.15) is 0 Å². The van der Waals surface area contributed by atoms with Gasteiger partial charge in [0.25, 0.3) is 8.32 Å². The molecule has 1 amide bonds. The molecule has 6 rings (SSSR count). The molecule has 0 aliphatic carbocycles. The third-order valence-corrected chi connectivity index (χ3v) is 15.2. The normalized spacial score (nSPS) is 16.6. The van der Waals surface area contributed by atoms with Crippen LogP contribution >= 0.6 is 15.9 Å². The van der Waals surface area contributed by atoms with Gasteiger partial charge < -0.3 is 28.7 Å². The van der Waals surface area contributed by atoms with Gasteiger partial charge in [-0.1, -0.05) is 81.4 Å². The Labute approximate surface area is 327 Å². The molecule has 0 unspecified atom stereocenters. The van der Waals surface area contributed by atoms with Crippen molar-refractivity contribution >= 4 is 52.0 Å². The summed E-state index contributed by atoms with van der Waals surface area (Å²) in [6, 6.07) is 26.3. The van der Waals surface area contributed by atoms with Crippen LogP contribution in [-0.2, 0) is 20.4 Å². The Bertz CT molecular complexity index is 2010. The van der Waals surface area contributed by atoms with E-state index < -0.39 is 32.2 Å². The molecular weight excluding hydrogens is 766 g/mol. The number of rotatable bonds is 11. The minimum absolute atomic E-state index is 0.212. The molecule has 0 radical (unpaired) electrons. The fourth-order valence-corrected chi connectivity index (χ4v) is 12.2. The van der Waals surface area contributed by atoms with E-state index in [1.165, 1.54) is 10.4 Å². The quantitative estimate of drug-likeness (QED) is 0.137. The zero-order valence-corrected chi connectivity index (χ0v) is 34.8. The average Bonchev–Trinajstić information content (AvgIpc) is 3.50. The number of halogens is 1. The fourth-order valence-electron chi connectivity index (χ4n) is 7.07. The maximum Gasteiger partial charge on any atom is 0.410 e. The van der Waals surface area contributed by atoms with Crippen LogP contribution in [0.5, 0.6) is 11.5 Å². The molecule has 3 aromatic carbocycles. The van der Waals surface area contributed by atoms with E-state index in [0.717, 1.165) is 11.1 Å². The Balaban J connectivity index is 1.30. The summed E-state index contributed by atoms with van der Waals surface area (Å²) in [4.78, 5) is 25.3. The Morgan fingerprint density at radius 1 is 0.963 bits per heavy atom. The Hall–Kier alpha value is -4.43. The van der Waals surface area contributed by atoms with Crippen molar-refractivity contribution < 1.29 is 28.2 Å². The lowest BCUT2D eigenvalue weighted by molar-refractivity contribution is -0.0830. The van der Waals surface area contributed by atoms with Crippen LogP contribution in [0.2, 0.25) is 5.04 Å². The van der Waals surface area contributed by atoms with E-state index in [0.29, 0.717) is 34.3 Å². The molecule has 0 saturated carbocycles. The summed E-state index contributed by atoms with van der Waals surface area (Å²) in [6.45, 7) is 13.5. The number of nitrogens with zero attached hydrogens (tertiary/aromatic N) is 4. The molecule has 0 bridgehead atoms. The van der Waals surface area contributed by atoms with Gasteiger partial charge in [-0.05, 0) is 64.2 Å². The van der Waals surface area contributed by atoms with Gasteiger partial charge in [0.05, 0.1) is 40.0 Å². The summed E-state index contributed by atoms with van der Waals surface area (Å²) in [6.07, 6.45) is 2.58.